The number of methoxy groups -OCH3 is 1. The van der Waals surface area contributed by atoms with Crippen LogP contribution in [0.2, 0.25) is 0 Å². The van der Waals surface area contributed by atoms with Crippen molar-refractivity contribution in [2.24, 2.45) is 5.73 Å². The van der Waals surface area contributed by atoms with Gasteiger partial charge in [-0.25, -0.2) is 0 Å². The number of ether oxygens (including phenoxy) is 1. The van der Waals surface area contributed by atoms with E-state index in [0.717, 1.165) is 26.0 Å². The van der Waals surface area contributed by atoms with Gasteiger partial charge in [-0.05, 0) is 19.4 Å². The highest BCUT2D eigenvalue weighted by Crippen LogP contribution is 1.85. The first kappa shape index (κ1) is 10.4. The fourth-order valence-corrected chi connectivity index (χ4v) is 0.708. The van der Waals surface area contributed by atoms with Gasteiger partial charge in [0.25, 0.3) is 0 Å². The molecule has 0 aliphatic rings. The van der Waals surface area contributed by atoms with Crippen molar-refractivity contribution in [1.82, 2.24) is 5.32 Å². The second-order valence-corrected chi connectivity index (χ2v) is 2.34. The minimum atomic E-state index is -0.309. The second-order valence-electron chi connectivity index (χ2n) is 2.34. The fraction of sp³-hybridized carbons (Fsp3) is 0.857. The molecule has 0 aromatic carbocycles. The Morgan fingerprint density at radius 3 is 2.82 bits per heavy atom. The molecule has 1 amide bonds. The molecule has 0 atom stereocenters. The normalized spacial score (nSPS) is 9.91. The van der Waals surface area contributed by atoms with Gasteiger partial charge in [-0.3, -0.25) is 4.79 Å². The van der Waals surface area contributed by atoms with Crippen LogP contribution < -0.4 is 11.1 Å². The van der Waals surface area contributed by atoms with Gasteiger partial charge in [0.2, 0.25) is 5.91 Å². The third-order valence-electron chi connectivity index (χ3n) is 1.25. The number of carbonyl (C=O) groups excluding carboxylic acids is 1. The summed E-state index contributed by atoms with van der Waals surface area (Å²) in [5, 5.41) is 2.91. The molecule has 0 rings (SSSR count). The summed E-state index contributed by atoms with van der Waals surface area (Å²) in [6, 6.07) is 0. The maximum absolute atomic E-state index is 10.2. The number of hydrogen-bond donors (Lipinski definition) is 2. The van der Waals surface area contributed by atoms with Crippen molar-refractivity contribution in [3.63, 3.8) is 0 Å². The van der Waals surface area contributed by atoms with E-state index >= 15 is 0 Å². The van der Waals surface area contributed by atoms with Gasteiger partial charge >= 0.3 is 0 Å². The number of amides is 1. The van der Waals surface area contributed by atoms with Crippen molar-refractivity contribution in [2.45, 2.75) is 12.8 Å². The van der Waals surface area contributed by atoms with Gasteiger partial charge in [-0.2, -0.15) is 0 Å². The molecule has 0 aromatic heterocycles. The van der Waals surface area contributed by atoms with Crippen molar-refractivity contribution in [3.05, 3.63) is 0 Å². The third kappa shape index (κ3) is 9.39. The molecule has 0 radical (unpaired) electrons. The van der Waals surface area contributed by atoms with Gasteiger partial charge < -0.3 is 15.8 Å². The van der Waals surface area contributed by atoms with E-state index in [2.05, 4.69) is 5.32 Å². The lowest BCUT2D eigenvalue weighted by molar-refractivity contribution is -0.117. The number of primary amides is 1. The largest absolute Gasteiger partial charge is 0.385 e. The zero-order valence-electron chi connectivity index (χ0n) is 6.93. The molecule has 0 aliphatic heterocycles. The van der Waals surface area contributed by atoms with E-state index < -0.39 is 0 Å². The predicted octanol–water partition coefficient (Wildman–Crippen LogP) is -0.512. The first-order chi connectivity index (χ1) is 5.27. The fourth-order valence-electron chi connectivity index (χ4n) is 0.708. The van der Waals surface area contributed by atoms with Crippen LogP contribution in [0.5, 0.6) is 0 Å². The number of rotatable bonds is 7. The highest BCUT2D eigenvalue weighted by atomic mass is 16.5. The molecular weight excluding hydrogens is 144 g/mol. The number of unbranched alkanes of at least 4 members (excludes halogenated alkanes) is 1. The van der Waals surface area contributed by atoms with Crippen LogP contribution in [-0.2, 0) is 9.53 Å². The minimum absolute atomic E-state index is 0.271. The smallest absolute Gasteiger partial charge is 0.231 e. The average molecular weight is 160 g/mol. The van der Waals surface area contributed by atoms with Gasteiger partial charge in [0.15, 0.2) is 0 Å². The Bertz CT molecular complexity index is 107. The standard InChI is InChI=1S/C7H16N2O2/c1-11-5-3-2-4-9-6-7(8)10/h9H,2-6H2,1H3,(H2,8,10). The predicted molar refractivity (Wildman–Crippen MR) is 43.2 cm³/mol. The average Bonchev–Trinajstić information content (AvgIpc) is 1.96. The molecule has 0 saturated heterocycles. The summed E-state index contributed by atoms with van der Waals surface area (Å²) in [5.74, 6) is -0.309. The van der Waals surface area contributed by atoms with E-state index in [-0.39, 0.29) is 12.5 Å². The number of nitrogens with two attached hydrogens (primary N) is 1. The molecule has 4 nitrogen and oxygen atoms in total. The molecule has 4 heteroatoms. The first-order valence-corrected chi connectivity index (χ1v) is 3.75. The lowest BCUT2D eigenvalue weighted by Crippen LogP contribution is -2.29. The quantitative estimate of drug-likeness (QED) is 0.493. The van der Waals surface area contributed by atoms with Crippen molar-refractivity contribution in [1.29, 1.82) is 0 Å². The molecule has 0 fully saturated rings. The Morgan fingerprint density at radius 1 is 1.55 bits per heavy atom. The number of hydrogen-bond acceptors (Lipinski definition) is 3. The Morgan fingerprint density at radius 2 is 2.27 bits per heavy atom. The molecular formula is C7H16N2O2. The Kier molecular flexibility index (Phi) is 7.08. The van der Waals surface area contributed by atoms with Gasteiger partial charge in [0.1, 0.15) is 0 Å². The summed E-state index contributed by atoms with van der Waals surface area (Å²) in [5.41, 5.74) is 4.91. The van der Waals surface area contributed by atoms with Crippen LogP contribution in [0, 0.1) is 0 Å². The first-order valence-electron chi connectivity index (χ1n) is 3.75. The summed E-state index contributed by atoms with van der Waals surface area (Å²) in [7, 11) is 1.68. The second kappa shape index (κ2) is 7.50. The molecule has 3 N–H and O–H groups in total. The lowest BCUT2D eigenvalue weighted by Gasteiger charge is -2.00. The summed E-state index contributed by atoms with van der Waals surface area (Å²) in [4.78, 5) is 10.2. The topological polar surface area (TPSA) is 64.3 Å². The van der Waals surface area contributed by atoms with Crippen LogP contribution in [0.15, 0.2) is 0 Å². The van der Waals surface area contributed by atoms with Gasteiger partial charge in [-0.1, -0.05) is 0 Å². The van der Waals surface area contributed by atoms with E-state index in [1.165, 1.54) is 0 Å². The third-order valence-corrected chi connectivity index (χ3v) is 1.25. The zero-order chi connectivity index (χ0) is 8.53. The van der Waals surface area contributed by atoms with Crippen LogP contribution in [0.25, 0.3) is 0 Å². The van der Waals surface area contributed by atoms with E-state index in [0.29, 0.717) is 0 Å². The van der Waals surface area contributed by atoms with E-state index in [9.17, 15) is 4.79 Å². The lowest BCUT2D eigenvalue weighted by atomic mass is 10.3. The number of carbonyl (C=O) groups is 1. The Labute approximate surface area is 67.1 Å². The highest BCUT2D eigenvalue weighted by Gasteiger charge is 1.91. The maximum atomic E-state index is 10.2. The zero-order valence-corrected chi connectivity index (χ0v) is 6.93. The molecule has 11 heavy (non-hydrogen) atoms. The molecule has 0 aromatic rings. The van der Waals surface area contributed by atoms with Crippen LogP contribution >= 0.6 is 0 Å². The minimum Gasteiger partial charge on any atom is -0.385 e. The van der Waals surface area contributed by atoms with Crippen LogP contribution in [-0.4, -0.2) is 32.7 Å². The van der Waals surface area contributed by atoms with Gasteiger partial charge in [0.05, 0.1) is 6.54 Å². The number of nitrogens with one attached hydrogen (secondary N) is 1. The Hall–Kier alpha value is -0.610. The molecule has 0 unspecified atom stereocenters. The van der Waals surface area contributed by atoms with Crippen molar-refractivity contribution in [2.75, 3.05) is 26.8 Å². The summed E-state index contributed by atoms with van der Waals surface area (Å²) >= 11 is 0. The van der Waals surface area contributed by atoms with E-state index in [1.807, 2.05) is 0 Å². The van der Waals surface area contributed by atoms with Crippen LogP contribution in [0.1, 0.15) is 12.8 Å². The van der Waals surface area contributed by atoms with Gasteiger partial charge in [0, 0.05) is 13.7 Å². The van der Waals surface area contributed by atoms with Gasteiger partial charge in [-0.15, -0.1) is 0 Å². The monoisotopic (exact) mass is 160 g/mol. The Balaban J connectivity index is 2.85. The molecule has 0 aliphatic carbocycles. The molecule has 66 valence electrons. The summed E-state index contributed by atoms with van der Waals surface area (Å²) in [6.07, 6.45) is 2.03. The van der Waals surface area contributed by atoms with Crippen LogP contribution in [0.3, 0.4) is 0 Å². The van der Waals surface area contributed by atoms with E-state index in [4.69, 9.17) is 10.5 Å². The highest BCUT2D eigenvalue weighted by molar-refractivity contribution is 5.75. The maximum Gasteiger partial charge on any atom is 0.231 e. The molecule has 0 spiro atoms. The van der Waals surface area contributed by atoms with Crippen molar-refractivity contribution in [3.8, 4) is 0 Å². The van der Waals surface area contributed by atoms with Crippen LogP contribution in [0.4, 0.5) is 0 Å². The van der Waals surface area contributed by atoms with E-state index in [1.54, 1.807) is 7.11 Å². The molecule has 0 heterocycles. The molecule has 0 bridgehead atoms. The van der Waals surface area contributed by atoms with Crippen molar-refractivity contribution < 1.29 is 9.53 Å². The summed E-state index contributed by atoms with van der Waals surface area (Å²) < 4.78 is 4.85. The van der Waals surface area contributed by atoms with Crippen molar-refractivity contribution >= 4 is 5.91 Å². The summed E-state index contributed by atoms with van der Waals surface area (Å²) in [6.45, 7) is 1.87. The molecule has 0 saturated carbocycles. The SMILES string of the molecule is COCCCCNCC(N)=O.